The van der Waals surface area contributed by atoms with Gasteiger partial charge in [0.2, 0.25) is 0 Å². The standard InChI is InChI=1S/C19H26N4O2S/c1-21(19-18(26(2,24)25)9-6-10-20-19)11-12-22-13-15-23(16-14-22)17-7-4-3-5-8-17/h3-10H,11-16H2,1-2H3. The summed E-state index contributed by atoms with van der Waals surface area (Å²) in [5.74, 6) is 0.526. The first-order chi connectivity index (χ1) is 12.4. The zero-order valence-electron chi connectivity index (χ0n) is 15.4. The highest BCUT2D eigenvalue weighted by Crippen LogP contribution is 2.21. The molecule has 1 aromatic heterocycles. The summed E-state index contributed by atoms with van der Waals surface area (Å²) < 4.78 is 23.9. The van der Waals surface area contributed by atoms with E-state index in [-0.39, 0.29) is 4.90 Å². The zero-order valence-corrected chi connectivity index (χ0v) is 16.2. The van der Waals surface area contributed by atoms with Gasteiger partial charge in [-0.25, -0.2) is 13.4 Å². The normalized spacial score (nSPS) is 15.8. The summed E-state index contributed by atoms with van der Waals surface area (Å²) in [4.78, 5) is 11.3. The van der Waals surface area contributed by atoms with Gasteiger partial charge in [0.1, 0.15) is 10.7 Å². The Kier molecular flexibility index (Phi) is 5.78. The number of benzene rings is 1. The van der Waals surface area contributed by atoms with Crippen LogP contribution in [0.15, 0.2) is 53.6 Å². The number of piperazine rings is 1. The van der Waals surface area contributed by atoms with Gasteiger partial charge in [-0.2, -0.15) is 0 Å². The lowest BCUT2D eigenvalue weighted by atomic mass is 10.2. The van der Waals surface area contributed by atoms with E-state index in [1.54, 1.807) is 18.3 Å². The first-order valence-electron chi connectivity index (χ1n) is 8.84. The van der Waals surface area contributed by atoms with Gasteiger partial charge < -0.3 is 9.80 Å². The Morgan fingerprint density at radius 1 is 1.04 bits per heavy atom. The Bertz CT molecular complexity index is 818. The monoisotopic (exact) mass is 374 g/mol. The number of para-hydroxylation sites is 1. The number of sulfone groups is 1. The lowest BCUT2D eigenvalue weighted by Gasteiger charge is -2.36. The van der Waals surface area contributed by atoms with Crippen LogP contribution >= 0.6 is 0 Å². The SMILES string of the molecule is CN(CCN1CCN(c2ccccc2)CC1)c1ncccc1S(C)(=O)=O. The van der Waals surface area contributed by atoms with Crippen LogP contribution < -0.4 is 9.80 Å². The van der Waals surface area contributed by atoms with Gasteiger partial charge in [0.15, 0.2) is 9.84 Å². The molecular weight excluding hydrogens is 348 g/mol. The van der Waals surface area contributed by atoms with Crippen molar-refractivity contribution in [1.29, 1.82) is 0 Å². The zero-order chi connectivity index (χ0) is 18.6. The molecular formula is C19H26N4O2S. The van der Waals surface area contributed by atoms with Gasteiger partial charge in [-0.15, -0.1) is 0 Å². The van der Waals surface area contributed by atoms with Crippen LogP contribution in [-0.2, 0) is 9.84 Å². The minimum Gasteiger partial charge on any atom is -0.369 e. The van der Waals surface area contributed by atoms with E-state index in [4.69, 9.17) is 0 Å². The number of hydrogen-bond acceptors (Lipinski definition) is 6. The van der Waals surface area contributed by atoms with Crippen molar-refractivity contribution in [3.8, 4) is 0 Å². The lowest BCUT2D eigenvalue weighted by Crippen LogP contribution is -2.48. The van der Waals surface area contributed by atoms with Gasteiger partial charge in [0.05, 0.1) is 0 Å². The third-order valence-corrected chi connectivity index (χ3v) is 5.87. The number of nitrogens with zero attached hydrogens (tertiary/aromatic N) is 4. The Balaban J connectivity index is 1.54. The molecule has 1 fully saturated rings. The molecule has 26 heavy (non-hydrogen) atoms. The van der Waals surface area contributed by atoms with E-state index in [0.29, 0.717) is 5.82 Å². The molecule has 2 aromatic rings. The molecule has 0 aliphatic carbocycles. The second-order valence-electron chi connectivity index (χ2n) is 6.68. The van der Waals surface area contributed by atoms with Crippen LogP contribution in [0.2, 0.25) is 0 Å². The fourth-order valence-electron chi connectivity index (χ4n) is 3.22. The van der Waals surface area contributed by atoms with Gasteiger partial charge in [0.25, 0.3) is 0 Å². The van der Waals surface area contributed by atoms with Gasteiger partial charge in [0, 0.05) is 64.5 Å². The molecule has 6 nitrogen and oxygen atoms in total. The molecule has 0 spiro atoms. The smallest absolute Gasteiger partial charge is 0.179 e. The highest BCUT2D eigenvalue weighted by Gasteiger charge is 2.20. The van der Waals surface area contributed by atoms with Crippen molar-refractivity contribution >= 4 is 21.3 Å². The van der Waals surface area contributed by atoms with E-state index < -0.39 is 9.84 Å². The fourth-order valence-corrected chi connectivity index (χ4v) is 4.09. The Hall–Kier alpha value is -2.12. The van der Waals surface area contributed by atoms with E-state index in [1.165, 1.54) is 11.9 Å². The molecule has 2 heterocycles. The second kappa shape index (κ2) is 8.05. The number of pyridine rings is 1. The molecule has 3 rings (SSSR count). The molecule has 1 saturated heterocycles. The Morgan fingerprint density at radius 2 is 1.73 bits per heavy atom. The third kappa shape index (κ3) is 4.53. The molecule has 1 aliphatic rings. The van der Waals surface area contributed by atoms with Gasteiger partial charge >= 0.3 is 0 Å². The van der Waals surface area contributed by atoms with E-state index in [1.807, 2.05) is 18.0 Å². The average molecular weight is 375 g/mol. The highest BCUT2D eigenvalue weighted by molar-refractivity contribution is 7.90. The maximum absolute atomic E-state index is 12.0. The molecule has 1 aliphatic heterocycles. The summed E-state index contributed by atoms with van der Waals surface area (Å²) in [5, 5.41) is 0. The summed E-state index contributed by atoms with van der Waals surface area (Å²) in [6.45, 7) is 5.65. The molecule has 0 bridgehead atoms. The largest absolute Gasteiger partial charge is 0.369 e. The van der Waals surface area contributed by atoms with Crippen molar-refractivity contribution < 1.29 is 8.42 Å². The minimum absolute atomic E-state index is 0.288. The van der Waals surface area contributed by atoms with Crippen molar-refractivity contribution in [1.82, 2.24) is 9.88 Å². The highest BCUT2D eigenvalue weighted by atomic mass is 32.2. The van der Waals surface area contributed by atoms with Crippen LogP contribution in [0.25, 0.3) is 0 Å². The number of likely N-dealkylation sites (N-methyl/N-ethyl adjacent to an activating group) is 1. The molecule has 1 aromatic carbocycles. The summed E-state index contributed by atoms with van der Waals surface area (Å²) in [6.07, 6.45) is 2.86. The summed E-state index contributed by atoms with van der Waals surface area (Å²) in [5.41, 5.74) is 1.27. The molecule has 0 unspecified atom stereocenters. The van der Waals surface area contributed by atoms with Crippen LogP contribution in [0.5, 0.6) is 0 Å². The Labute approximate surface area is 156 Å². The molecule has 0 atom stereocenters. The number of anilines is 2. The van der Waals surface area contributed by atoms with Crippen molar-refractivity contribution in [3.05, 3.63) is 48.7 Å². The van der Waals surface area contributed by atoms with Crippen LogP contribution in [0.3, 0.4) is 0 Å². The minimum atomic E-state index is -3.28. The first-order valence-corrected chi connectivity index (χ1v) is 10.7. The second-order valence-corrected chi connectivity index (χ2v) is 8.67. The van der Waals surface area contributed by atoms with Crippen molar-refractivity contribution in [2.75, 3.05) is 62.4 Å². The molecule has 0 amide bonds. The maximum atomic E-state index is 12.0. The quantitative estimate of drug-likeness (QED) is 0.768. The van der Waals surface area contributed by atoms with Crippen LogP contribution in [0.1, 0.15) is 0 Å². The van der Waals surface area contributed by atoms with E-state index >= 15 is 0 Å². The van der Waals surface area contributed by atoms with Crippen molar-refractivity contribution in [3.63, 3.8) is 0 Å². The van der Waals surface area contributed by atoms with Crippen LogP contribution in [0.4, 0.5) is 11.5 Å². The predicted molar refractivity (Wildman–Crippen MR) is 106 cm³/mol. The topological polar surface area (TPSA) is 56.8 Å². The van der Waals surface area contributed by atoms with E-state index in [2.05, 4.69) is 39.0 Å². The maximum Gasteiger partial charge on any atom is 0.179 e. The van der Waals surface area contributed by atoms with Crippen LogP contribution in [-0.4, -0.2) is 70.9 Å². The average Bonchev–Trinajstić information content (AvgIpc) is 2.66. The van der Waals surface area contributed by atoms with E-state index in [0.717, 1.165) is 39.3 Å². The molecule has 140 valence electrons. The first kappa shape index (κ1) is 18.7. The molecule has 0 saturated carbocycles. The molecule has 7 heteroatoms. The van der Waals surface area contributed by atoms with Crippen molar-refractivity contribution in [2.24, 2.45) is 0 Å². The summed E-state index contributed by atoms with van der Waals surface area (Å²) in [7, 11) is -1.38. The number of aromatic nitrogens is 1. The third-order valence-electron chi connectivity index (χ3n) is 4.76. The lowest BCUT2D eigenvalue weighted by molar-refractivity contribution is 0.263. The summed E-state index contributed by atoms with van der Waals surface area (Å²) in [6, 6.07) is 13.8. The number of rotatable bonds is 6. The Morgan fingerprint density at radius 3 is 2.38 bits per heavy atom. The van der Waals surface area contributed by atoms with Gasteiger partial charge in [-0.05, 0) is 24.3 Å². The molecule has 0 N–H and O–H groups in total. The van der Waals surface area contributed by atoms with Gasteiger partial charge in [-0.3, -0.25) is 4.90 Å². The van der Waals surface area contributed by atoms with Crippen molar-refractivity contribution in [2.45, 2.75) is 4.90 Å². The fraction of sp³-hybridized carbons (Fsp3) is 0.421. The molecule has 0 radical (unpaired) electrons. The number of hydrogen-bond donors (Lipinski definition) is 0. The summed E-state index contributed by atoms with van der Waals surface area (Å²) >= 11 is 0. The van der Waals surface area contributed by atoms with E-state index in [9.17, 15) is 8.42 Å². The van der Waals surface area contributed by atoms with Gasteiger partial charge in [-0.1, -0.05) is 18.2 Å². The van der Waals surface area contributed by atoms with Crippen LogP contribution in [0, 0.1) is 0 Å². The predicted octanol–water partition coefficient (Wildman–Crippen LogP) is 1.74.